The van der Waals surface area contributed by atoms with Gasteiger partial charge in [0.15, 0.2) is 6.10 Å². The third-order valence-corrected chi connectivity index (χ3v) is 5.45. The highest BCUT2D eigenvalue weighted by atomic mass is 16.5. The number of carbonyl (C=O) groups is 2. The number of hydrogen-bond donors (Lipinski definition) is 2. The summed E-state index contributed by atoms with van der Waals surface area (Å²) in [7, 11) is 0. The zero-order chi connectivity index (χ0) is 20.8. The molecular formula is C24H30N2O3. The van der Waals surface area contributed by atoms with Crippen LogP contribution in [-0.2, 0) is 9.59 Å². The lowest BCUT2D eigenvalue weighted by Crippen LogP contribution is -2.30. The van der Waals surface area contributed by atoms with Crippen molar-refractivity contribution >= 4 is 23.2 Å². The van der Waals surface area contributed by atoms with E-state index in [1.165, 1.54) is 6.42 Å². The fraction of sp³-hybridized carbons (Fsp3) is 0.417. The van der Waals surface area contributed by atoms with Crippen molar-refractivity contribution in [2.45, 2.75) is 59.0 Å². The fourth-order valence-corrected chi connectivity index (χ4v) is 3.74. The second-order valence-corrected chi connectivity index (χ2v) is 7.88. The zero-order valence-corrected chi connectivity index (χ0v) is 17.5. The van der Waals surface area contributed by atoms with Crippen LogP contribution in [0.1, 0.15) is 50.2 Å². The third-order valence-electron chi connectivity index (χ3n) is 5.45. The van der Waals surface area contributed by atoms with Gasteiger partial charge in [0, 0.05) is 17.3 Å². The molecular weight excluding hydrogens is 364 g/mol. The number of nitrogens with one attached hydrogen (secondary N) is 2. The Labute approximate surface area is 172 Å². The van der Waals surface area contributed by atoms with Crippen LogP contribution in [-0.4, -0.2) is 17.9 Å². The molecule has 1 fully saturated rings. The maximum absolute atomic E-state index is 12.6. The number of rotatable bonds is 6. The van der Waals surface area contributed by atoms with Crippen molar-refractivity contribution in [3.05, 3.63) is 53.6 Å². The van der Waals surface area contributed by atoms with Crippen molar-refractivity contribution in [2.24, 2.45) is 5.92 Å². The average molecular weight is 395 g/mol. The molecule has 1 unspecified atom stereocenters. The maximum atomic E-state index is 12.6. The van der Waals surface area contributed by atoms with Gasteiger partial charge in [-0.15, -0.1) is 0 Å². The van der Waals surface area contributed by atoms with E-state index in [1.807, 2.05) is 44.2 Å². The molecule has 5 heteroatoms. The van der Waals surface area contributed by atoms with E-state index in [2.05, 4.69) is 10.6 Å². The van der Waals surface area contributed by atoms with Gasteiger partial charge in [0.2, 0.25) is 5.91 Å². The first-order chi connectivity index (χ1) is 13.9. The van der Waals surface area contributed by atoms with Gasteiger partial charge in [-0.3, -0.25) is 9.59 Å². The minimum atomic E-state index is -0.643. The highest BCUT2D eigenvalue weighted by Gasteiger charge is 2.21. The first-order valence-electron chi connectivity index (χ1n) is 10.4. The summed E-state index contributed by atoms with van der Waals surface area (Å²) in [5.41, 5.74) is 3.32. The van der Waals surface area contributed by atoms with Gasteiger partial charge in [0.05, 0.1) is 0 Å². The lowest BCUT2D eigenvalue weighted by molar-refractivity contribution is -0.122. The quantitative estimate of drug-likeness (QED) is 0.705. The van der Waals surface area contributed by atoms with E-state index in [0.29, 0.717) is 11.4 Å². The Balaban J connectivity index is 1.60. The summed E-state index contributed by atoms with van der Waals surface area (Å²) in [5.74, 6) is 0.666. The van der Waals surface area contributed by atoms with Gasteiger partial charge >= 0.3 is 0 Å². The molecule has 1 saturated carbocycles. The van der Waals surface area contributed by atoms with E-state index in [1.54, 1.807) is 19.1 Å². The van der Waals surface area contributed by atoms with Gasteiger partial charge in [-0.05, 0) is 62.9 Å². The van der Waals surface area contributed by atoms with Crippen LogP contribution in [0.3, 0.4) is 0 Å². The number of anilines is 2. The van der Waals surface area contributed by atoms with E-state index in [4.69, 9.17) is 4.74 Å². The van der Waals surface area contributed by atoms with Crippen molar-refractivity contribution in [3.8, 4) is 5.75 Å². The Morgan fingerprint density at radius 1 is 0.931 bits per heavy atom. The van der Waals surface area contributed by atoms with E-state index in [9.17, 15) is 9.59 Å². The molecule has 29 heavy (non-hydrogen) atoms. The summed E-state index contributed by atoms with van der Waals surface area (Å²) in [5, 5.41) is 5.87. The first-order valence-corrected chi connectivity index (χ1v) is 10.4. The summed E-state index contributed by atoms with van der Waals surface area (Å²) in [6.07, 6.45) is 4.72. The number of aryl methyl sites for hydroxylation is 2. The normalized spacial score (nSPS) is 15.4. The van der Waals surface area contributed by atoms with Crippen molar-refractivity contribution in [1.82, 2.24) is 0 Å². The summed E-state index contributed by atoms with van der Waals surface area (Å²) >= 11 is 0. The van der Waals surface area contributed by atoms with Gasteiger partial charge in [0.25, 0.3) is 5.91 Å². The van der Waals surface area contributed by atoms with Crippen LogP contribution in [0.15, 0.2) is 42.5 Å². The SMILES string of the molecule is Cc1cccc(C)c1OC(C)C(=O)Nc1cccc(NC(=O)C2CCCCC2)c1. The average Bonchev–Trinajstić information content (AvgIpc) is 2.71. The molecule has 0 bridgehead atoms. The topological polar surface area (TPSA) is 67.4 Å². The van der Waals surface area contributed by atoms with Crippen LogP contribution in [0.5, 0.6) is 5.75 Å². The maximum Gasteiger partial charge on any atom is 0.265 e. The monoisotopic (exact) mass is 394 g/mol. The Morgan fingerprint density at radius 3 is 2.17 bits per heavy atom. The molecule has 2 amide bonds. The van der Waals surface area contributed by atoms with Crippen LogP contribution < -0.4 is 15.4 Å². The number of hydrogen-bond acceptors (Lipinski definition) is 3. The number of ether oxygens (including phenoxy) is 1. The van der Waals surface area contributed by atoms with Crippen LogP contribution in [0, 0.1) is 19.8 Å². The molecule has 0 saturated heterocycles. The standard InChI is InChI=1S/C24H30N2O3/c1-16-9-7-10-17(2)22(16)29-18(3)23(27)25-20-13-8-14-21(15-20)26-24(28)19-11-5-4-6-12-19/h7-10,13-15,18-19H,4-6,11-12H2,1-3H3,(H,25,27)(H,26,28). The minimum absolute atomic E-state index is 0.0694. The number of amides is 2. The van der Waals surface area contributed by atoms with E-state index in [0.717, 1.165) is 42.6 Å². The number of carbonyl (C=O) groups excluding carboxylic acids is 2. The molecule has 5 nitrogen and oxygen atoms in total. The molecule has 2 N–H and O–H groups in total. The molecule has 0 spiro atoms. The van der Waals surface area contributed by atoms with Crippen LogP contribution in [0.4, 0.5) is 11.4 Å². The number of benzene rings is 2. The lowest BCUT2D eigenvalue weighted by Gasteiger charge is -2.21. The van der Waals surface area contributed by atoms with Gasteiger partial charge in [-0.2, -0.15) is 0 Å². The highest BCUT2D eigenvalue weighted by Crippen LogP contribution is 2.26. The van der Waals surface area contributed by atoms with E-state index < -0.39 is 6.10 Å². The second-order valence-electron chi connectivity index (χ2n) is 7.88. The minimum Gasteiger partial charge on any atom is -0.480 e. The molecule has 2 aromatic rings. The van der Waals surface area contributed by atoms with Crippen molar-refractivity contribution in [2.75, 3.05) is 10.6 Å². The van der Waals surface area contributed by atoms with Gasteiger partial charge in [-0.25, -0.2) is 0 Å². The van der Waals surface area contributed by atoms with Gasteiger partial charge < -0.3 is 15.4 Å². The summed E-state index contributed by atoms with van der Waals surface area (Å²) in [4.78, 5) is 25.1. The Bertz CT molecular complexity index is 852. The molecule has 2 aromatic carbocycles. The molecule has 154 valence electrons. The molecule has 0 radical (unpaired) electrons. The summed E-state index contributed by atoms with van der Waals surface area (Å²) in [6.45, 7) is 5.66. The predicted molar refractivity (Wildman–Crippen MR) is 116 cm³/mol. The molecule has 1 aliphatic carbocycles. The van der Waals surface area contributed by atoms with Crippen molar-refractivity contribution in [3.63, 3.8) is 0 Å². The highest BCUT2D eigenvalue weighted by molar-refractivity contribution is 5.96. The Morgan fingerprint density at radius 2 is 1.52 bits per heavy atom. The number of para-hydroxylation sites is 1. The predicted octanol–water partition coefficient (Wildman–Crippen LogP) is 5.23. The fourth-order valence-electron chi connectivity index (χ4n) is 3.74. The van der Waals surface area contributed by atoms with E-state index in [-0.39, 0.29) is 17.7 Å². The van der Waals surface area contributed by atoms with E-state index >= 15 is 0 Å². The molecule has 3 rings (SSSR count). The van der Waals surface area contributed by atoms with Gasteiger partial charge in [-0.1, -0.05) is 43.5 Å². The van der Waals surface area contributed by atoms with Crippen LogP contribution >= 0.6 is 0 Å². The van der Waals surface area contributed by atoms with Crippen molar-refractivity contribution < 1.29 is 14.3 Å². The molecule has 0 aliphatic heterocycles. The molecule has 1 atom stereocenters. The van der Waals surface area contributed by atoms with Crippen molar-refractivity contribution in [1.29, 1.82) is 0 Å². The first kappa shape index (κ1) is 20.9. The Hall–Kier alpha value is -2.82. The summed E-state index contributed by atoms with van der Waals surface area (Å²) < 4.78 is 5.90. The largest absolute Gasteiger partial charge is 0.480 e. The van der Waals surface area contributed by atoms with Crippen LogP contribution in [0.2, 0.25) is 0 Å². The third kappa shape index (κ3) is 5.59. The molecule has 0 aromatic heterocycles. The summed E-state index contributed by atoms with van der Waals surface area (Å²) in [6, 6.07) is 13.1. The lowest BCUT2D eigenvalue weighted by atomic mass is 9.88. The van der Waals surface area contributed by atoms with Gasteiger partial charge in [0.1, 0.15) is 5.75 Å². The molecule has 1 aliphatic rings. The Kier molecular flexibility index (Phi) is 6.91. The second kappa shape index (κ2) is 9.59. The van der Waals surface area contributed by atoms with Crippen LogP contribution in [0.25, 0.3) is 0 Å². The zero-order valence-electron chi connectivity index (χ0n) is 17.5. The smallest absolute Gasteiger partial charge is 0.265 e. The molecule has 0 heterocycles.